The summed E-state index contributed by atoms with van der Waals surface area (Å²) in [6, 6.07) is 2.12. The van der Waals surface area contributed by atoms with Gasteiger partial charge in [0.25, 0.3) is 0 Å². The molecular formula is C10H7N3. The summed E-state index contributed by atoms with van der Waals surface area (Å²) in [5.74, 6) is 0. The number of nitriles is 1. The summed E-state index contributed by atoms with van der Waals surface area (Å²) in [7, 11) is 0. The highest BCUT2D eigenvalue weighted by atomic mass is 15.2. The van der Waals surface area contributed by atoms with E-state index >= 15 is 0 Å². The monoisotopic (exact) mass is 169 g/mol. The smallest absolute Gasteiger partial charge is 0.0951 e. The third kappa shape index (κ3) is 1.47. The van der Waals surface area contributed by atoms with Crippen molar-refractivity contribution in [1.29, 1.82) is 5.26 Å². The van der Waals surface area contributed by atoms with Crippen molar-refractivity contribution in [2.75, 3.05) is 0 Å². The molecular weight excluding hydrogens is 162 g/mol. The van der Waals surface area contributed by atoms with Gasteiger partial charge in [0.15, 0.2) is 0 Å². The molecule has 0 bridgehead atoms. The predicted octanol–water partition coefficient (Wildman–Crippen LogP) is 1.76. The van der Waals surface area contributed by atoms with E-state index in [-0.39, 0.29) is 0 Å². The van der Waals surface area contributed by atoms with Gasteiger partial charge in [-0.05, 0) is 17.7 Å². The summed E-state index contributed by atoms with van der Waals surface area (Å²) in [5, 5.41) is 16.5. The standard InChI is InChI=1S/C10H7N3/c11-7-8-3-4-9-2-1-5-12-13-10(9)6-8/h1-5H,6H2. The number of fused-ring (bicyclic) bond motifs is 1. The van der Waals surface area contributed by atoms with Crippen LogP contribution in [0.25, 0.3) is 0 Å². The summed E-state index contributed by atoms with van der Waals surface area (Å²) in [4.78, 5) is 0. The second-order valence-electron chi connectivity index (χ2n) is 2.77. The highest BCUT2D eigenvalue weighted by Gasteiger charge is 2.12. The van der Waals surface area contributed by atoms with Crippen molar-refractivity contribution in [3.8, 4) is 6.07 Å². The zero-order valence-corrected chi connectivity index (χ0v) is 6.94. The van der Waals surface area contributed by atoms with Gasteiger partial charge in [-0.1, -0.05) is 12.2 Å². The maximum Gasteiger partial charge on any atom is 0.0951 e. The van der Waals surface area contributed by atoms with Crippen molar-refractivity contribution < 1.29 is 0 Å². The van der Waals surface area contributed by atoms with Gasteiger partial charge in [0.1, 0.15) is 0 Å². The average Bonchev–Trinajstić information content (AvgIpc) is 2.41. The molecule has 1 heterocycles. The summed E-state index contributed by atoms with van der Waals surface area (Å²) in [6.45, 7) is 0. The van der Waals surface area contributed by atoms with Gasteiger partial charge in [0.2, 0.25) is 0 Å². The van der Waals surface area contributed by atoms with Crippen LogP contribution in [0.3, 0.4) is 0 Å². The molecule has 3 nitrogen and oxygen atoms in total. The Hall–Kier alpha value is -1.95. The molecule has 0 spiro atoms. The summed E-state index contributed by atoms with van der Waals surface area (Å²) in [6.07, 6.45) is 9.73. The Kier molecular flexibility index (Phi) is 1.89. The second kappa shape index (κ2) is 3.20. The molecule has 0 aromatic rings. The maximum absolute atomic E-state index is 8.69. The molecule has 13 heavy (non-hydrogen) atoms. The van der Waals surface area contributed by atoms with Crippen LogP contribution in [0.5, 0.6) is 0 Å². The van der Waals surface area contributed by atoms with E-state index in [9.17, 15) is 0 Å². The van der Waals surface area contributed by atoms with Gasteiger partial charge in [0, 0.05) is 18.2 Å². The van der Waals surface area contributed by atoms with E-state index in [0.717, 1.165) is 16.9 Å². The first kappa shape index (κ1) is 7.69. The fourth-order valence-corrected chi connectivity index (χ4v) is 1.24. The molecule has 0 saturated heterocycles. The van der Waals surface area contributed by atoms with Crippen molar-refractivity contribution in [1.82, 2.24) is 0 Å². The van der Waals surface area contributed by atoms with E-state index in [0.29, 0.717) is 6.42 Å². The van der Waals surface area contributed by atoms with Gasteiger partial charge < -0.3 is 0 Å². The number of allylic oxidation sites excluding steroid dienone is 6. The summed E-state index contributed by atoms with van der Waals surface area (Å²) >= 11 is 0. The van der Waals surface area contributed by atoms with Crippen molar-refractivity contribution in [3.05, 3.63) is 35.5 Å². The normalized spacial score (nSPS) is 19.2. The molecule has 3 heteroatoms. The molecule has 2 rings (SSSR count). The first-order chi connectivity index (χ1) is 6.40. The minimum Gasteiger partial charge on any atom is -0.193 e. The molecule has 0 radical (unpaired) electrons. The molecule has 0 amide bonds. The Balaban J connectivity index is 2.42. The lowest BCUT2D eigenvalue weighted by molar-refractivity contribution is 1.20. The molecule has 0 aromatic carbocycles. The molecule has 2 aliphatic rings. The van der Waals surface area contributed by atoms with E-state index in [1.54, 1.807) is 6.21 Å². The number of nitrogens with zero attached hydrogens (tertiary/aromatic N) is 3. The highest BCUT2D eigenvalue weighted by molar-refractivity contribution is 6.06. The lowest BCUT2D eigenvalue weighted by Gasteiger charge is -2.07. The maximum atomic E-state index is 8.69. The Morgan fingerprint density at radius 2 is 2.31 bits per heavy atom. The molecule has 0 saturated carbocycles. The van der Waals surface area contributed by atoms with Gasteiger partial charge in [0.05, 0.1) is 11.8 Å². The lowest BCUT2D eigenvalue weighted by atomic mass is 9.97. The van der Waals surface area contributed by atoms with Crippen LogP contribution in [0.1, 0.15) is 6.42 Å². The largest absolute Gasteiger partial charge is 0.193 e. The third-order valence-electron chi connectivity index (χ3n) is 1.91. The van der Waals surface area contributed by atoms with E-state index < -0.39 is 0 Å². The molecule has 0 unspecified atom stereocenters. The van der Waals surface area contributed by atoms with Crippen LogP contribution in [0.4, 0.5) is 0 Å². The first-order valence-corrected chi connectivity index (χ1v) is 3.98. The van der Waals surface area contributed by atoms with E-state index in [4.69, 9.17) is 5.26 Å². The van der Waals surface area contributed by atoms with E-state index in [1.165, 1.54) is 0 Å². The Bertz CT molecular complexity index is 414. The van der Waals surface area contributed by atoms with Gasteiger partial charge in [-0.15, -0.1) is 0 Å². The molecule has 1 aliphatic carbocycles. The molecule has 62 valence electrons. The fourth-order valence-electron chi connectivity index (χ4n) is 1.24. The van der Waals surface area contributed by atoms with E-state index in [2.05, 4.69) is 16.3 Å². The number of hydrogen-bond donors (Lipinski definition) is 0. The van der Waals surface area contributed by atoms with Crippen LogP contribution in [-0.4, -0.2) is 11.9 Å². The van der Waals surface area contributed by atoms with Crippen molar-refractivity contribution >= 4 is 11.9 Å². The Labute approximate surface area is 76.1 Å². The highest BCUT2D eigenvalue weighted by Crippen LogP contribution is 2.17. The van der Waals surface area contributed by atoms with Crippen molar-refractivity contribution in [3.63, 3.8) is 0 Å². The zero-order chi connectivity index (χ0) is 9.10. The van der Waals surface area contributed by atoms with Gasteiger partial charge in [-0.25, -0.2) is 0 Å². The SMILES string of the molecule is N#CC1=CC=C2C=CC=NN=C2C1. The summed E-state index contributed by atoms with van der Waals surface area (Å²) in [5.41, 5.74) is 2.63. The fraction of sp³-hybridized carbons (Fsp3) is 0.100. The van der Waals surface area contributed by atoms with Crippen LogP contribution in [0, 0.1) is 11.3 Å². The summed E-state index contributed by atoms with van der Waals surface area (Å²) < 4.78 is 0. The van der Waals surface area contributed by atoms with Crippen LogP contribution in [0.15, 0.2) is 45.7 Å². The van der Waals surface area contributed by atoms with Gasteiger partial charge >= 0.3 is 0 Å². The number of hydrogen-bond acceptors (Lipinski definition) is 3. The minimum atomic E-state index is 0.587. The Morgan fingerprint density at radius 1 is 1.38 bits per heavy atom. The topological polar surface area (TPSA) is 48.5 Å². The van der Waals surface area contributed by atoms with E-state index in [1.807, 2.05) is 24.3 Å². The van der Waals surface area contributed by atoms with Crippen LogP contribution in [0.2, 0.25) is 0 Å². The van der Waals surface area contributed by atoms with Crippen LogP contribution >= 0.6 is 0 Å². The van der Waals surface area contributed by atoms with Gasteiger partial charge in [-0.2, -0.15) is 15.5 Å². The molecule has 0 aromatic heterocycles. The zero-order valence-electron chi connectivity index (χ0n) is 6.94. The number of rotatable bonds is 0. The second-order valence-corrected chi connectivity index (χ2v) is 2.77. The quantitative estimate of drug-likeness (QED) is 0.545. The van der Waals surface area contributed by atoms with Crippen LogP contribution in [-0.2, 0) is 0 Å². The first-order valence-electron chi connectivity index (χ1n) is 3.98. The Morgan fingerprint density at radius 3 is 3.15 bits per heavy atom. The third-order valence-corrected chi connectivity index (χ3v) is 1.91. The average molecular weight is 169 g/mol. The lowest BCUT2D eigenvalue weighted by Crippen LogP contribution is -2.05. The molecule has 0 atom stereocenters. The van der Waals surface area contributed by atoms with Crippen LogP contribution < -0.4 is 0 Å². The van der Waals surface area contributed by atoms with Gasteiger partial charge in [-0.3, -0.25) is 0 Å². The van der Waals surface area contributed by atoms with Crippen molar-refractivity contribution in [2.45, 2.75) is 6.42 Å². The van der Waals surface area contributed by atoms with Crippen molar-refractivity contribution in [2.24, 2.45) is 10.2 Å². The minimum absolute atomic E-state index is 0.587. The molecule has 1 aliphatic heterocycles. The molecule has 0 fully saturated rings. The predicted molar refractivity (Wildman–Crippen MR) is 51.5 cm³/mol. The molecule has 0 N–H and O–H groups in total.